The molecule has 2 aromatic rings. The number of sulfonamides is 1. The number of benzene rings is 1. The van der Waals surface area contributed by atoms with E-state index in [0.29, 0.717) is 5.56 Å². The van der Waals surface area contributed by atoms with Crippen molar-refractivity contribution in [2.45, 2.75) is 18.4 Å². The molecular weight excluding hydrogens is 300 g/mol. The number of hydrogen-bond acceptors (Lipinski definition) is 4. The highest BCUT2D eigenvalue weighted by atomic mass is 32.2. The van der Waals surface area contributed by atoms with Gasteiger partial charge in [-0.15, -0.1) is 0 Å². The standard InChI is InChI=1S/C13H13F2N3O2S/c1-8-4-5-17-6-9(8)7-18-21(19,20)11-3-2-10(14)13(16)12(11)15/h2-6,18H,7,16H2,1H3. The summed E-state index contributed by atoms with van der Waals surface area (Å²) < 4.78 is 53.2. The maximum absolute atomic E-state index is 13.8. The fraction of sp³-hybridized carbons (Fsp3) is 0.154. The number of hydrogen-bond donors (Lipinski definition) is 2. The van der Waals surface area contributed by atoms with Crippen LogP contribution in [0.3, 0.4) is 0 Å². The maximum atomic E-state index is 13.8. The summed E-state index contributed by atoms with van der Waals surface area (Å²) in [5.41, 5.74) is 5.82. The van der Waals surface area contributed by atoms with E-state index in [4.69, 9.17) is 5.73 Å². The Labute approximate surface area is 120 Å². The smallest absolute Gasteiger partial charge is 0.243 e. The van der Waals surface area contributed by atoms with Gasteiger partial charge in [-0.25, -0.2) is 21.9 Å². The van der Waals surface area contributed by atoms with Crippen LogP contribution < -0.4 is 10.5 Å². The summed E-state index contributed by atoms with van der Waals surface area (Å²) in [7, 11) is -4.14. The fourth-order valence-corrected chi connectivity index (χ4v) is 2.78. The number of nitrogen functional groups attached to an aromatic ring is 1. The Morgan fingerprint density at radius 1 is 1.29 bits per heavy atom. The summed E-state index contributed by atoms with van der Waals surface area (Å²) in [5, 5.41) is 0. The van der Waals surface area contributed by atoms with Gasteiger partial charge in [0.1, 0.15) is 16.4 Å². The van der Waals surface area contributed by atoms with Crippen LogP contribution in [0.5, 0.6) is 0 Å². The average molecular weight is 313 g/mol. The van der Waals surface area contributed by atoms with E-state index < -0.39 is 32.2 Å². The van der Waals surface area contributed by atoms with Gasteiger partial charge in [0, 0.05) is 18.9 Å². The Morgan fingerprint density at radius 2 is 2.00 bits per heavy atom. The molecule has 0 spiro atoms. The number of nitrogens with two attached hydrogens (primary N) is 1. The first kappa shape index (κ1) is 15.3. The third-order valence-electron chi connectivity index (χ3n) is 2.98. The van der Waals surface area contributed by atoms with Crippen LogP contribution in [-0.2, 0) is 16.6 Å². The maximum Gasteiger partial charge on any atom is 0.243 e. The first-order chi connectivity index (χ1) is 9.83. The van der Waals surface area contributed by atoms with E-state index in [-0.39, 0.29) is 6.54 Å². The molecule has 0 bridgehead atoms. The molecule has 21 heavy (non-hydrogen) atoms. The highest BCUT2D eigenvalue weighted by molar-refractivity contribution is 7.89. The molecule has 112 valence electrons. The molecule has 2 rings (SSSR count). The van der Waals surface area contributed by atoms with E-state index in [1.165, 1.54) is 6.20 Å². The molecule has 1 heterocycles. The highest BCUT2D eigenvalue weighted by Crippen LogP contribution is 2.22. The molecule has 0 aliphatic rings. The fourth-order valence-electron chi connectivity index (χ4n) is 1.69. The zero-order chi connectivity index (χ0) is 15.6. The second-order valence-corrected chi connectivity index (χ2v) is 6.14. The largest absolute Gasteiger partial charge is 0.394 e. The molecule has 0 saturated heterocycles. The zero-order valence-electron chi connectivity index (χ0n) is 11.1. The minimum absolute atomic E-state index is 0.0568. The number of pyridine rings is 1. The lowest BCUT2D eigenvalue weighted by molar-refractivity contribution is 0.548. The van der Waals surface area contributed by atoms with Crippen LogP contribution >= 0.6 is 0 Å². The number of aryl methyl sites for hydroxylation is 1. The Hall–Kier alpha value is -2.06. The van der Waals surface area contributed by atoms with Crippen LogP contribution in [0.2, 0.25) is 0 Å². The monoisotopic (exact) mass is 313 g/mol. The summed E-state index contributed by atoms with van der Waals surface area (Å²) >= 11 is 0. The van der Waals surface area contributed by atoms with E-state index in [1.807, 2.05) is 0 Å². The van der Waals surface area contributed by atoms with Crippen LogP contribution in [0.4, 0.5) is 14.5 Å². The van der Waals surface area contributed by atoms with Gasteiger partial charge in [0.05, 0.1) is 0 Å². The molecule has 0 saturated carbocycles. The molecule has 5 nitrogen and oxygen atoms in total. The minimum atomic E-state index is -4.14. The van der Waals surface area contributed by atoms with Crippen molar-refractivity contribution in [2.24, 2.45) is 0 Å². The highest BCUT2D eigenvalue weighted by Gasteiger charge is 2.22. The van der Waals surface area contributed by atoms with Crippen molar-refractivity contribution >= 4 is 15.7 Å². The number of halogens is 2. The van der Waals surface area contributed by atoms with Gasteiger partial charge in [-0.1, -0.05) is 0 Å². The molecule has 0 unspecified atom stereocenters. The number of nitrogens with zero attached hydrogens (tertiary/aromatic N) is 1. The van der Waals surface area contributed by atoms with Crippen molar-refractivity contribution in [1.82, 2.24) is 9.71 Å². The van der Waals surface area contributed by atoms with Crippen molar-refractivity contribution in [2.75, 3.05) is 5.73 Å². The molecule has 0 radical (unpaired) electrons. The molecule has 1 aromatic heterocycles. The molecule has 0 aliphatic carbocycles. The van der Waals surface area contributed by atoms with Crippen LogP contribution in [0.25, 0.3) is 0 Å². The normalized spacial score (nSPS) is 11.6. The summed E-state index contributed by atoms with van der Waals surface area (Å²) in [4.78, 5) is 3.19. The van der Waals surface area contributed by atoms with E-state index in [2.05, 4.69) is 9.71 Å². The van der Waals surface area contributed by atoms with Crippen LogP contribution in [-0.4, -0.2) is 13.4 Å². The summed E-state index contributed by atoms with van der Waals surface area (Å²) in [6.45, 7) is 1.74. The quantitative estimate of drug-likeness (QED) is 0.842. The lowest BCUT2D eigenvalue weighted by atomic mass is 10.2. The third kappa shape index (κ3) is 3.17. The molecular formula is C13H13F2N3O2S. The molecule has 1 aromatic carbocycles. The average Bonchev–Trinajstić information content (AvgIpc) is 2.44. The van der Waals surface area contributed by atoms with Crippen LogP contribution in [0, 0.1) is 18.6 Å². The van der Waals surface area contributed by atoms with Crippen molar-refractivity contribution in [3.63, 3.8) is 0 Å². The number of nitrogens with one attached hydrogen (secondary N) is 1. The van der Waals surface area contributed by atoms with E-state index >= 15 is 0 Å². The lowest BCUT2D eigenvalue weighted by Gasteiger charge is -2.10. The molecule has 3 N–H and O–H groups in total. The predicted molar refractivity (Wildman–Crippen MR) is 73.8 cm³/mol. The van der Waals surface area contributed by atoms with E-state index in [9.17, 15) is 17.2 Å². The summed E-state index contributed by atoms with van der Waals surface area (Å²) in [5.74, 6) is -2.31. The molecule has 0 aliphatic heterocycles. The number of rotatable bonds is 4. The SMILES string of the molecule is Cc1ccncc1CNS(=O)(=O)c1ccc(F)c(N)c1F. The lowest BCUT2D eigenvalue weighted by Crippen LogP contribution is -2.25. The first-order valence-corrected chi connectivity index (χ1v) is 7.44. The predicted octanol–water partition coefficient (Wildman–Crippen LogP) is 1.73. The summed E-state index contributed by atoms with van der Waals surface area (Å²) in [6.07, 6.45) is 3.08. The molecule has 8 heteroatoms. The molecule has 0 atom stereocenters. The first-order valence-electron chi connectivity index (χ1n) is 5.95. The van der Waals surface area contributed by atoms with Gasteiger partial charge in [0.25, 0.3) is 0 Å². The Kier molecular flexibility index (Phi) is 4.19. The summed E-state index contributed by atoms with van der Waals surface area (Å²) in [6, 6.07) is 3.36. The van der Waals surface area contributed by atoms with E-state index in [0.717, 1.165) is 17.7 Å². The molecule has 0 amide bonds. The van der Waals surface area contributed by atoms with Gasteiger partial charge in [0.15, 0.2) is 5.82 Å². The Bertz CT molecular complexity index is 779. The van der Waals surface area contributed by atoms with Crippen molar-refractivity contribution in [1.29, 1.82) is 0 Å². The van der Waals surface area contributed by atoms with Crippen LogP contribution in [0.15, 0.2) is 35.5 Å². The zero-order valence-corrected chi connectivity index (χ0v) is 11.9. The van der Waals surface area contributed by atoms with Gasteiger partial charge < -0.3 is 5.73 Å². The van der Waals surface area contributed by atoms with Gasteiger partial charge in [-0.2, -0.15) is 0 Å². The van der Waals surface area contributed by atoms with Gasteiger partial charge in [-0.3, -0.25) is 4.98 Å². The molecule has 0 fully saturated rings. The topological polar surface area (TPSA) is 85.1 Å². The minimum Gasteiger partial charge on any atom is -0.394 e. The van der Waals surface area contributed by atoms with Gasteiger partial charge in [0.2, 0.25) is 10.0 Å². The van der Waals surface area contributed by atoms with Crippen LogP contribution in [0.1, 0.15) is 11.1 Å². The Morgan fingerprint density at radius 3 is 2.67 bits per heavy atom. The van der Waals surface area contributed by atoms with Crippen molar-refractivity contribution in [3.05, 3.63) is 53.4 Å². The second kappa shape index (κ2) is 5.74. The third-order valence-corrected chi connectivity index (χ3v) is 4.40. The van der Waals surface area contributed by atoms with Gasteiger partial charge in [-0.05, 0) is 36.2 Å². The number of anilines is 1. The van der Waals surface area contributed by atoms with Crippen molar-refractivity contribution < 1.29 is 17.2 Å². The Balaban J connectivity index is 2.28. The van der Waals surface area contributed by atoms with Crippen molar-refractivity contribution in [3.8, 4) is 0 Å². The van der Waals surface area contributed by atoms with E-state index in [1.54, 1.807) is 19.2 Å². The second-order valence-electron chi connectivity index (χ2n) is 4.40. The number of aromatic nitrogens is 1. The van der Waals surface area contributed by atoms with Gasteiger partial charge >= 0.3 is 0 Å².